The van der Waals surface area contributed by atoms with Crippen LogP contribution in [-0.2, 0) is 16.1 Å². The lowest BCUT2D eigenvalue weighted by Crippen LogP contribution is -2.36. The molecular formula is C18H28N2O4. The minimum absolute atomic E-state index is 0.0390. The lowest BCUT2D eigenvalue weighted by Gasteiger charge is -2.22. The predicted molar refractivity (Wildman–Crippen MR) is 93.1 cm³/mol. The van der Waals surface area contributed by atoms with Crippen molar-refractivity contribution < 1.29 is 19.1 Å². The molecular weight excluding hydrogens is 308 g/mol. The van der Waals surface area contributed by atoms with Crippen LogP contribution in [0.3, 0.4) is 0 Å². The average Bonchev–Trinajstić information content (AvgIpc) is 2.57. The third-order valence-electron chi connectivity index (χ3n) is 3.90. The molecule has 0 radical (unpaired) electrons. The Hall–Kier alpha value is -2.24. The van der Waals surface area contributed by atoms with Crippen molar-refractivity contribution in [3.63, 3.8) is 0 Å². The van der Waals surface area contributed by atoms with Gasteiger partial charge in [-0.05, 0) is 31.0 Å². The fourth-order valence-electron chi connectivity index (χ4n) is 2.23. The zero-order valence-electron chi connectivity index (χ0n) is 15.2. The Balaban J connectivity index is 2.70. The Morgan fingerprint density at radius 3 is 2.42 bits per heavy atom. The first-order valence-electron chi connectivity index (χ1n) is 8.17. The molecule has 0 saturated heterocycles. The molecule has 0 aliphatic rings. The number of nitrogens with one attached hydrogen (secondary N) is 1. The highest BCUT2D eigenvalue weighted by Crippen LogP contribution is 2.28. The number of carbonyl (C=O) groups excluding carboxylic acids is 2. The maximum Gasteiger partial charge on any atom is 0.221 e. The normalized spacial score (nSPS) is 11.5. The quantitative estimate of drug-likeness (QED) is 0.752. The van der Waals surface area contributed by atoms with Crippen LogP contribution in [-0.4, -0.2) is 43.5 Å². The molecule has 1 aromatic rings. The Morgan fingerprint density at radius 2 is 1.88 bits per heavy atom. The van der Waals surface area contributed by atoms with E-state index in [9.17, 15) is 9.59 Å². The van der Waals surface area contributed by atoms with E-state index in [2.05, 4.69) is 5.32 Å². The molecule has 1 aromatic carbocycles. The van der Waals surface area contributed by atoms with Crippen LogP contribution >= 0.6 is 0 Å². The smallest absolute Gasteiger partial charge is 0.221 e. The zero-order valence-corrected chi connectivity index (χ0v) is 15.2. The topological polar surface area (TPSA) is 67.9 Å². The van der Waals surface area contributed by atoms with Gasteiger partial charge in [0.05, 0.1) is 14.2 Å². The van der Waals surface area contributed by atoms with Gasteiger partial charge < -0.3 is 19.7 Å². The highest BCUT2D eigenvalue weighted by molar-refractivity contribution is 5.78. The maximum absolute atomic E-state index is 11.9. The van der Waals surface area contributed by atoms with Crippen LogP contribution in [0.15, 0.2) is 18.2 Å². The molecule has 0 aliphatic heterocycles. The molecule has 1 rings (SSSR count). The molecule has 0 aliphatic carbocycles. The highest BCUT2D eigenvalue weighted by atomic mass is 16.5. The second-order valence-electron chi connectivity index (χ2n) is 5.76. The molecule has 1 N–H and O–H groups in total. The Labute approximate surface area is 144 Å². The van der Waals surface area contributed by atoms with E-state index in [4.69, 9.17) is 9.47 Å². The SMILES string of the molecule is CCC(C)NC(=O)CCN(Cc1ccc(OC)c(OC)c1)C(C)=O. The number of ether oxygens (including phenoxy) is 2. The highest BCUT2D eigenvalue weighted by Gasteiger charge is 2.14. The van der Waals surface area contributed by atoms with Gasteiger partial charge in [0.25, 0.3) is 0 Å². The molecule has 6 heteroatoms. The number of hydrogen-bond acceptors (Lipinski definition) is 4. The molecule has 0 spiro atoms. The number of rotatable bonds is 9. The summed E-state index contributed by atoms with van der Waals surface area (Å²) in [6.45, 7) is 6.29. The molecule has 0 bridgehead atoms. The minimum Gasteiger partial charge on any atom is -0.493 e. The van der Waals surface area contributed by atoms with Gasteiger partial charge in [0.1, 0.15) is 0 Å². The molecule has 6 nitrogen and oxygen atoms in total. The van der Waals surface area contributed by atoms with E-state index < -0.39 is 0 Å². The van der Waals surface area contributed by atoms with Crippen LogP contribution in [0, 0.1) is 0 Å². The van der Waals surface area contributed by atoms with Crippen molar-refractivity contribution in [1.82, 2.24) is 10.2 Å². The number of nitrogens with zero attached hydrogens (tertiary/aromatic N) is 1. The summed E-state index contributed by atoms with van der Waals surface area (Å²) in [6, 6.07) is 5.68. The van der Waals surface area contributed by atoms with Crippen molar-refractivity contribution in [2.75, 3.05) is 20.8 Å². The van der Waals surface area contributed by atoms with Crippen molar-refractivity contribution in [3.8, 4) is 11.5 Å². The largest absolute Gasteiger partial charge is 0.493 e. The van der Waals surface area contributed by atoms with Crippen LogP contribution in [0.2, 0.25) is 0 Å². The first-order valence-corrected chi connectivity index (χ1v) is 8.17. The van der Waals surface area contributed by atoms with Crippen molar-refractivity contribution in [1.29, 1.82) is 0 Å². The Bertz CT molecular complexity index is 560. The number of carbonyl (C=O) groups is 2. The number of hydrogen-bond donors (Lipinski definition) is 1. The molecule has 24 heavy (non-hydrogen) atoms. The van der Waals surface area contributed by atoms with E-state index in [0.29, 0.717) is 24.6 Å². The summed E-state index contributed by atoms with van der Waals surface area (Å²) >= 11 is 0. The molecule has 0 heterocycles. The van der Waals surface area contributed by atoms with Crippen LogP contribution in [0.4, 0.5) is 0 Å². The third kappa shape index (κ3) is 6.10. The van der Waals surface area contributed by atoms with Gasteiger partial charge in [-0.25, -0.2) is 0 Å². The molecule has 1 unspecified atom stereocenters. The van der Waals surface area contributed by atoms with E-state index in [1.165, 1.54) is 6.92 Å². The van der Waals surface area contributed by atoms with Gasteiger partial charge in [-0.3, -0.25) is 9.59 Å². The van der Waals surface area contributed by atoms with Gasteiger partial charge in [-0.2, -0.15) is 0 Å². The molecule has 2 amide bonds. The lowest BCUT2D eigenvalue weighted by molar-refractivity contribution is -0.130. The molecule has 1 atom stereocenters. The van der Waals surface area contributed by atoms with Gasteiger partial charge in [0.15, 0.2) is 11.5 Å². The van der Waals surface area contributed by atoms with Crippen molar-refractivity contribution in [2.24, 2.45) is 0 Å². The van der Waals surface area contributed by atoms with Crippen LogP contribution in [0.5, 0.6) is 11.5 Å². The van der Waals surface area contributed by atoms with E-state index in [1.54, 1.807) is 19.1 Å². The second kappa shape index (κ2) is 9.80. The summed E-state index contributed by atoms with van der Waals surface area (Å²) < 4.78 is 10.5. The van der Waals surface area contributed by atoms with Crippen LogP contribution in [0.1, 0.15) is 39.2 Å². The van der Waals surface area contributed by atoms with Gasteiger partial charge in [0.2, 0.25) is 11.8 Å². The van der Waals surface area contributed by atoms with Gasteiger partial charge in [-0.1, -0.05) is 13.0 Å². The van der Waals surface area contributed by atoms with E-state index >= 15 is 0 Å². The molecule has 0 saturated carbocycles. The average molecular weight is 336 g/mol. The summed E-state index contributed by atoms with van der Waals surface area (Å²) in [6.07, 6.45) is 1.17. The standard InChI is InChI=1S/C18H28N2O4/c1-6-13(2)19-18(22)9-10-20(14(3)21)12-15-7-8-16(23-4)17(11-15)24-5/h7-8,11,13H,6,9-10,12H2,1-5H3,(H,19,22). The Kier molecular flexibility index (Phi) is 8.09. The summed E-state index contributed by atoms with van der Waals surface area (Å²) in [5.74, 6) is 1.15. The maximum atomic E-state index is 11.9. The van der Waals surface area contributed by atoms with Crippen molar-refractivity contribution in [2.45, 2.75) is 46.2 Å². The number of benzene rings is 1. The van der Waals surface area contributed by atoms with E-state index in [0.717, 1.165) is 12.0 Å². The van der Waals surface area contributed by atoms with Gasteiger partial charge in [0, 0.05) is 32.5 Å². The summed E-state index contributed by atoms with van der Waals surface area (Å²) in [4.78, 5) is 25.4. The van der Waals surface area contributed by atoms with Crippen molar-refractivity contribution in [3.05, 3.63) is 23.8 Å². The molecule has 134 valence electrons. The number of amides is 2. The first kappa shape index (κ1) is 19.8. The minimum atomic E-state index is -0.0684. The molecule has 0 fully saturated rings. The van der Waals surface area contributed by atoms with Gasteiger partial charge in [-0.15, -0.1) is 0 Å². The van der Waals surface area contributed by atoms with E-state index in [-0.39, 0.29) is 24.3 Å². The Morgan fingerprint density at radius 1 is 1.21 bits per heavy atom. The monoisotopic (exact) mass is 336 g/mol. The van der Waals surface area contributed by atoms with E-state index in [1.807, 2.05) is 32.0 Å². The number of methoxy groups -OCH3 is 2. The lowest BCUT2D eigenvalue weighted by atomic mass is 10.1. The second-order valence-corrected chi connectivity index (χ2v) is 5.76. The third-order valence-corrected chi connectivity index (χ3v) is 3.90. The van der Waals surface area contributed by atoms with Crippen molar-refractivity contribution >= 4 is 11.8 Å². The van der Waals surface area contributed by atoms with Crippen LogP contribution in [0.25, 0.3) is 0 Å². The first-order chi connectivity index (χ1) is 11.4. The molecule has 0 aromatic heterocycles. The summed E-state index contributed by atoms with van der Waals surface area (Å²) in [5.41, 5.74) is 0.921. The zero-order chi connectivity index (χ0) is 18.1. The van der Waals surface area contributed by atoms with Crippen LogP contribution < -0.4 is 14.8 Å². The predicted octanol–water partition coefficient (Wildman–Crippen LogP) is 2.36. The fourth-order valence-corrected chi connectivity index (χ4v) is 2.23. The summed E-state index contributed by atoms with van der Waals surface area (Å²) in [5, 5.41) is 2.91. The van der Waals surface area contributed by atoms with Gasteiger partial charge >= 0.3 is 0 Å². The summed E-state index contributed by atoms with van der Waals surface area (Å²) in [7, 11) is 3.15. The fraction of sp³-hybridized carbons (Fsp3) is 0.556.